The zero-order chi connectivity index (χ0) is 8.55. The van der Waals surface area contributed by atoms with Crippen molar-refractivity contribution in [3.05, 3.63) is 23.3 Å². The number of nitrogens with two attached hydrogens (primary N) is 1. The van der Waals surface area contributed by atoms with Crippen LogP contribution in [-0.4, -0.2) is 6.40 Å². The highest BCUT2D eigenvalue weighted by molar-refractivity contribution is 5.67. The molecule has 0 bridgehead atoms. The standard InChI is InChI=1S/C9H10N2O/c1-6-7-4-12-5-11-9(7)3-2-8(6)10/h2-3,5H,4,10H2,1H3. The Morgan fingerprint density at radius 2 is 2.33 bits per heavy atom. The molecule has 2 rings (SSSR count). The van der Waals surface area contributed by atoms with Crippen molar-refractivity contribution in [2.75, 3.05) is 5.73 Å². The minimum atomic E-state index is 0.579. The Balaban J connectivity index is 2.63. The maximum Gasteiger partial charge on any atom is 0.175 e. The molecule has 0 amide bonds. The number of aliphatic imine (C=N–C) groups is 1. The van der Waals surface area contributed by atoms with E-state index in [1.807, 2.05) is 19.1 Å². The van der Waals surface area contributed by atoms with Gasteiger partial charge in [-0.25, -0.2) is 4.99 Å². The molecule has 0 saturated carbocycles. The van der Waals surface area contributed by atoms with Crippen LogP contribution in [0.3, 0.4) is 0 Å². The largest absolute Gasteiger partial charge is 0.478 e. The number of fused-ring (bicyclic) bond motifs is 1. The Bertz CT molecular complexity index is 345. The van der Waals surface area contributed by atoms with Crippen molar-refractivity contribution in [2.45, 2.75) is 13.5 Å². The summed E-state index contributed by atoms with van der Waals surface area (Å²) in [6.45, 7) is 2.56. The fraction of sp³-hybridized carbons (Fsp3) is 0.222. The molecule has 1 aliphatic heterocycles. The summed E-state index contributed by atoms with van der Waals surface area (Å²) in [5.74, 6) is 0. The van der Waals surface area contributed by atoms with Gasteiger partial charge in [-0.2, -0.15) is 0 Å². The summed E-state index contributed by atoms with van der Waals surface area (Å²) < 4.78 is 5.08. The number of nitrogen functional groups attached to an aromatic ring is 1. The molecule has 2 N–H and O–H groups in total. The Morgan fingerprint density at radius 1 is 1.50 bits per heavy atom. The summed E-state index contributed by atoms with van der Waals surface area (Å²) in [4.78, 5) is 4.09. The fourth-order valence-corrected chi connectivity index (χ4v) is 1.28. The van der Waals surface area contributed by atoms with Gasteiger partial charge >= 0.3 is 0 Å². The average Bonchev–Trinajstić information content (AvgIpc) is 2.12. The second-order valence-corrected chi connectivity index (χ2v) is 2.82. The fourth-order valence-electron chi connectivity index (χ4n) is 1.28. The molecule has 12 heavy (non-hydrogen) atoms. The van der Waals surface area contributed by atoms with Crippen molar-refractivity contribution in [2.24, 2.45) is 4.99 Å². The van der Waals surface area contributed by atoms with Crippen molar-refractivity contribution >= 4 is 17.8 Å². The van der Waals surface area contributed by atoms with Crippen LogP contribution in [0.15, 0.2) is 17.1 Å². The van der Waals surface area contributed by atoms with Crippen LogP contribution in [0.5, 0.6) is 0 Å². The van der Waals surface area contributed by atoms with Gasteiger partial charge in [0.05, 0.1) is 5.69 Å². The summed E-state index contributed by atoms with van der Waals surface area (Å²) in [5.41, 5.74) is 9.67. The molecule has 0 saturated heterocycles. The number of nitrogens with zero attached hydrogens (tertiary/aromatic N) is 1. The first kappa shape index (κ1) is 7.16. The normalized spacial score (nSPS) is 13.8. The summed E-state index contributed by atoms with van der Waals surface area (Å²) in [6.07, 6.45) is 1.47. The maximum atomic E-state index is 5.74. The molecule has 0 aromatic heterocycles. The maximum absolute atomic E-state index is 5.74. The van der Waals surface area contributed by atoms with E-state index in [9.17, 15) is 0 Å². The van der Waals surface area contributed by atoms with Gasteiger partial charge in [0.25, 0.3) is 0 Å². The SMILES string of the molecule is Cc1c(N)ccc2c1COC=N2. The summed E-state index contributed by atoms with van der Waals surface area (Å²) in [5, 5.41) is 0. The molecule has 0 fully saturated rings. The van der Waals surface area contributed by atoms with Crippen molar-refractivity contribution < 1.29 is 4.74 Å². The molecular weight excluding hydrogens is 152 g/mol. The minimum Gasteiger partial charge on any atom is -0.478 e. The lowest BCUT2D eigenvalue weighted by Crippen LogP contribution is -2.02. The molecule has 0 atom stereocenters. The summed E-state index contributed by atoms with van der Waals surface area (Å²) >= 11 is 0. The van der Waals surface area contributed by atoms with E-state index in [0.29, 0.717) is 6.61 Å². The molecule has 0 unspecified atom stereocenters. The number of anilines is 1. The van der Waals surface area contributed by atoms with Gasteiger partial charge in [0, 0.05) is 11.3 Å². The number of benzene rings is 1. The van der Waals surface area contributed by atoms with Gasteiger partial charge in [0.2, 0.25) is 0 Å². The molecule has 1 aliphatic rings. The monoisotopic (exact) mass is 162 g/mol. The van der Waals surface area contributed by atoms with E-state index in [-0.39, 0.29) is 0 Å². The Hall–Kier alpha value is -1.51. The van der Waals surface area contributed by atoms with Crippen LogP contribution in [0.4, 0.5) is 11.4 Å². The Labute approximate surface area is 70.9 Å². The van der Waals surface area contributed by atoms with E-state index in [2.05, 4.69) is 4.99 Å². The van der Waals surface area contributed by atoms with Crippen LogP contribution in [0.25, 0.3) is 0 Å². The van der Waals surface area contributed by atoms with E-state index in [4.69, 9.17) is 10.5 Å². The number of ether oxygens (including phenoxy) is 1. The van der Waals surface area contributed by atoms with Crippen molar-refractivity contribution in [1.29, 1.82) is 0 Å². The van der Waals surface area contributed by atoms with Gasteiger partial charge in [-0.15, -0.1) is 0 Å². The molecule has 1 aromatic carbocycles. The average molecular weight is 162 g/mol. The second-order valence-electron chi connectivity index (χ2n) is 2.82. The number of hydrogen-bond acceptors (Lipinski definition) is 3. The van der Waals surface area contributed by atoms with Crippen LogP contribution in [0.1, 0.15) is 11.1 Å². The minimum absolute atomic E-state index is 0.579. The van der Waals surface area contributed by atoms with Crippen LogP contribution in [0, 0.1) is 6.92 Å². The molecular formula is C9H10N2O. The lowest BCUT2D eigenvalue weighted by Gasteiger charge is -2.14. The molecule has 1 heterocycles. The predicted molar refractivity (Wildman–Crippen MR) is 48.5 cm³/mol. The molecule has 62 valence electrons. The van der Waals surface area contributed by atoms with E-state index >= 15 is 0 Å². The Morgan fingerprint density at radius 3 is 3.17 bits per heavy atom. The van der Waals surface area contributed by atoms with E-state index in [1.54, 1.807) is 0 Å². The quantitative estimate of drug-likeness (QED) is 0.591. The topological polar surface area (TPSA) is 47.6 Å². The second kappa shape index (κ2) is 2.52. The predicted octanol–water partition coefficient (Wildman–Crippen LogP) is 1.77. The third-order valence-corrected chi connectivity index (χ3v) is 2.11. The Kier molecular flexibility index (Phi) is 1.50. The van der Waals surface area contributed by atoms with Crippen molar-refractivity contribution in [3.8, 4) is 0 Å². The van der Waals surface area contributed by atoms with Crippen LogP contribution in [-0.2, 0) is 11.3 Å². The zero-order valence-corrected chi connectivity index (χ0v) is 6.87. The summed E-state index contributed by atoms with van der Waals surface area (Å²) in [7, 11) is 0. The summed E-state index contributed by atoms with van der Waals surface area (Å²) in [6, 6.07) is 3.79. The third-order valence-electron chi connectivity index (χ3n) is 2.11. The highest BCUT2D eigenvalue weighted by atomic mass is 16.5. The van der Waals surface area contributed by atoms with Gasteiger partial charge in [0.15, 0.2) is 6.40 Å². The highest BCUT2D eigenvalue weighted by Gasteiger charge is 2.10. The lowest BCUT2D eigenvalue weighted by molar-refractivity contribution is 0.302. The first-order valence-corrected chi connectivity index (χ1v) is 3.81. The van der Waals surface area contributed by atoms with Crippen LogP contribution in [0.2, 0.25) is 0 Å². The van der Waals surface area contributed by atoms with Gasteiger partial charge < -0.3 is 10.5 Å². The van der Waals surface area contributed by atoms with Crippen LogP contribution < -0.4 is 5.73 Å². The number of rotatable bonds is 0. The van der Waals surface area contributed by atoms with E-state index in [0.717, 1.165) is 22.5 Å². The first-order valence-electron chi connectivity index (χ1n) is 3.81. The van der Waals surface area contributed by atoms with Gasteiger partial charge in [-0.05, 0) is 24.6 Å². The van der Waals surface area contributed by atoms with Gasteiger partial charge in [-0.1, -0.05) is 0 Å². The highest BCUT2D eigenvalue weighted by Crippen LogP contribution is 2.29. The molecule has 1 aromatic rings. The number of hydrogen-bond donors (Lipinski definition) is 1. The van der Waals surface area contributed by atoms with Crippen LogP contribution >= 0.6 is 0 Å². The smallest absolute Gasteiger partial charge is 0.175 e. The van der Waals surface area contributed by atoms with E-state index in [1.165, 1.54) is 6.40 Å². The van der Waals surface area contributed by atoms with Gasteiger partial charge in [-0.3, -0.25) is 0 Å². The van der Waals surface area contributed by atoms with Crippen molar-refractivity contribution in [1.82, 2.24) is 0 Å². The molecule has 3 heteroatoms. The molecule has 3 nitrogen and oxygen atoms in total. The third kappa shape index (κ3) is 0.942. The van der Waals surface area contributed by atoms with E-state index < -0.39 is 0 Å². The molecule has 0 spiro atoms. The molecule has 0 radical (unpaired) electrons. The molecule has 0 aliphatic carbocycles. The van der Waals surface area contributed by atoms with Gasteiger partial charge in [0.1, 0.15) is 6.61 Å². The zero-order valence-electron chi connectivity index (χ0n) is 6.87. The lowest BCUT2D eigenvalue weighted by atomic mass is 10.1. The first-order chi connectivity index (χ1) is 5.79. The van der Waals surface area contributed by atoms with Crippen molar-refractivity contribution in [3.63, 3.8) is 0 Å².